The van der Waals surface area contributed by atoms with Crippen LogP contribution in [0.2, 0.25) is 0 Å². The number of amides is 1. The Balaban J connectivity index is 1.55. The van der Waals surface area contributed by atoms with Gasteiger partial charge in [-0.3, -0.25) is 9.59 Å². The highest BCUT2D eigenvalue weighted by Crippen LogP contribution is 2.39. The predicted molar refractivity (Wildman–Crippen MR) is 126 cm³/mol. The van der Waals surface area contributed by atoms with Gasteiger partial charge in [0, 0.05) is 4.88 Å². The number of ether oxygens (including phenoxy) is 1. The lowest BCUT2D eigenvalue weighted by molar-refractivity contribution is -0.115. The van der Waals surface area contributed by atoms with Gasteiger partial charge in [-0.1, -0.05) is 11.8 Å². The number of nitrogens with one attached hydrogen (secondary N) is 2. The third kappa shape index (κ3) is 4.82. The number of aliphatic hydroxyl groups excluding tert-OH is 1. The highest BCUT2D eigenvalue weighted by molar-refractivity contribution is 8.00. The van der Waals surface area contributed by atoms with Crippen LogP contribution in [0.5, 0.6) is 0 Å². The van der Waals surface area contributed by atoms with Crippen LogP contribution in [0, 0.1) is 0 Å². The minimum atomic E-state index is -0.603. The van der Waals surface area contributed by atoms with Gasteiger partial charge in [0.25, 0.3) is 5.56 Å². The standard InChI is InChI=1S/C21H25N5O5S2/c1-3-31-20(30)15-12-6-4-5-7-14(12)33-19(15)24-17(28)11(2)32-21-23-16-13(18(29)25-21)10-22-26(16)8-9-27/h10-11,27H,3-9H2,1-2H3,(H,24,28)(H,23,25,29). The number of thiophene rings is 1. The second-order valence-corrected chi connectivity index (χ2v) is 10.0. The number of aryl methyl sites for hydroxylation is 1. The Morgan fingerprint density at radius 1 is 1.39 bits per heavy atom. The van der Waals surface area contributed by atoms with E-state index in [-0.39, 0.29) is 36.4 Å². The number of carbonyl (C=O) groups excluding carboxylic acids is 2. The quantitative estimate of drug-likeness (QED) is 0.248. The molecule has 176 valence electrons. The molecule has 33 heavy (non-hydrogen) atoms. The molecule has 1 aliphatic carbocycles. The maximum atomic E-state index is 13.0. The lowest BCUT2D eigenvalue weighted by Crippen LogP contribution is -2.24. The Morgan fingerprint density at radius 2 is 2.18 bits per heavy atom. The van der Waals surface area contributed by atoms with Gasteiger partial charge in [-0.2, -0.15) is 5.10 Å². The van der Waals surface area contributed by atoms with Crippen molar-refractivity contribution in [3.05, 3.63) is 32.6 Å². The largest absolute Gasteiger partial charge is 0.462 e. The zero-order valence-electron chi connectivity index (χ0n) is 18.3. The van der Waals surface area contributed by atoms with Gasteiger partial charge in [-0.25, -0.2) is 14.5 Å². The second kappa shape index (κ2) is 10.1. The number of fused-ring (bicyclic) bond motifs is 2. The molecule has 0 radical (unpaired) electrons. The van der Waals surface area contributed by atoms with E-state index in [0.29, 0.717) is 21.6 Å². The summed E-state index contributed by atoms with van der Waals surface area (Å²) in [4.78, 5) is 46.2. The van der Waals surface area contributed by atoms with Crippen LogP contribution in [0.25, 0.3) is 11.0 Å². The van der Waals surface area contributed by atoms with Gasteiger partial charge >= 0.3 is 5.97 Å². The lowest BCUT2D eigenvalue weighted by atomic mass is 9.95. The number of carbonyl (C=O) groups is 2. The van der Waals surface area contributed by atoms with Gasteiger partial charge < -0.3 is 20.1 Å². The van der Waals surface area contributed by atoms with Crippen molar-refractivity contribution < 1.29 is 19.4 Å². The monoisotopic (exact) mass is 491 g/mol. The predicted octanol–water partition coefficient (Wildman–Crippen LogP) is 2.35. The van der Waals surface area contributed by atoms with Crippen LogP contribution in [-0.2, 0) is 28.9 Å². The Bertz CT molecular complexity index is 1250. The molecule has 0 aliphatic heterocycles. The molecular weight excluding hydrogens is 466 g/mol. The SMILES string of the molecule is CCOC(=O)c1c(NC(=O)C(C)Sc2nc3c(cnn3CCO)c(=O)[nH]2)sc2c1CCCC2. The fraction of sp³-hybridized carbons (Fsp3) is 0.476. The summed E-state index contributed by atoms with van der Waals surface area (Å²) in [6.07, 6.45) is 5.15. The summed E-state index contributed by atoms with van der Waals surface area (Å²) in [5.41, 5.74) is 1.42. The average Bonchev–Trinajstić information content (AvgIpc) is 3.35. The van der Waals surface area contributed by atoms with Crippen LogP contribution in [-0.4, -0.2) is 55.2 Å². The molecule has 0 saturated heterocycles. The summed E-state index contributed by atoms with van der Waals surface area (Å²) in [5, 5.41) is 16.6. The molecule has 3 aromatic rings. The molecule has 0 bridgehead atoms. The van der Waals surface area contributed by atoms with Crippen LogP contribution in [0.1, 0.15) is 47.5 Å². The minimum absolute atomic E-state index is 0.139. The van der Waals surface area contributed by atoms with Gasteiger partial charge in [0.05, 0.1) is 36.8 Å². The highest BCUT2D eigenvalue weighted by atomic mass is 32.2. The summed E-state index contributed by atoms with van der Waals surface area (Å²) in [5.74, 6) is -0.725. The molecule has 0 fully saturated rings. The summed E-state index contributed by atoms with van der Waals surface area (Å²) in [7, 11) is 0. The topological polar surface area (TPSA) is 139 Å². The zero-order chi connectivity index (χ0) is 23.5. The van der Waals surface area contributed by atoms with Gasteiger partial charge in [-0.15, -0.1) is 11.3 Å². The van der Waals surface area contributed by atoms with Crippen LogP contribution in [0.4, 0.5) is 5.00 Å². The molecule has 1 atom stereocenters. The van der Waals surface area contributed by atoms with E-state index >= 15 is 0 Å². The molecule has 0 spiro atoms. The first kappa shape index (κ1) is 23.5. The fourth-order valence-corrected chi connectivity index (χ4v) is 5.84. The van der Waals surface area contributed by atoms with Gasteiger partial charge in [0.1, 0.15) is 10.4 Å². The summed E-state index contributed by atoms with van der Waals surface area (Å²) < 4.78 is 6.69. The van der Waals surface area contributed by atoms with E-state index in [0.717, 1.165) is 47.9 Å². The van der Waals surface area contributed by atoms with Crippen molar-refractivity contribution in [2.75, 3.05) is 18.5 Å². The van der Waals surface area contributed by atoms with Crippen LogP contribution >= 0.6 is 23.1 Å². The van der Waals surface area contributed by atoms with Crippen molar-refractivity contribution in [2.45, 2.75) is 56.5 Å². The Hall–Kier alpha value is -2.70. The van der Waals surface area contributed by atoms with Crippen LogP contribution in [0.15, 0.2) is 16.1 Å². The van der Waals surface area contributed by atoms with Crippen molar-refractivity contribution in [1.82, 2.24) is 19.7 Å². The number of aliphatic hydroxyl groups is 1. The Kier molecular flexibility index (Phi) is 7.15. The van der Waals surface area contributed by atoms with Gasteiger partial charge in [0.2, 0.25) is 5.91 Å². The molecule has 3 aromatic heterocycles. The number of anilines is 1. The summed E-state index contributed by atoms with van der Waals surface area (Å²) >= 11 is 2.53. The molecule has 0 saturated carbocycles. The molecule has 1 aliphatic rings. The van der Waals surface area contributed by atoms with Gasteiger partial charge in [-0.05, 0) is 45.1 Å². The number of H-pyrrole nitrogens is 1. The summed E-state index contributed by atoms with van der Waals surface area (Å²) in [6.45, 7) is 3.79. The van der Waals surface area contributed by atoms with E-state index in [4.69, 9.17) is 4.74 Å². The minimum Gasteiger partial charge on any atom is -0.462 e. The van der Waals surface area contributed by atoms with E-state index in [2.05, 4.69) is 20.4 Å². The Morgan fingerprint density at radius 3 is 2.94 bits per heavy atom. The third-order valence-corrected chi connectivity index (χ3v) is 7.53. The van der Waals surface area contributed by atoms with E-state index < -0.39 is 11.2 Å². The van der Waals surface area contributed by atoms with E-state index in [1.165, 1.54) is 22.2 Å². The second-order valence-electron chi connectivity index (χ2n) is 7.58. The van der Waals surface area contributed by atoms with Crippen molar-refractivity contribution >= 4 is 51.0 Å². The van der Waals surface area contributed by atoms with Crippen molar-refractivity contribution in [3.8, 4) is 0 Å². The molecule has 1 unspecified atom stereocenters. The number of aromatic nitrogens is 4. The smallest absolute Gasteiger partial charge is 0.341 e. The third-order valence-electron chi connectivity index (χ3n) is 5.34. The van der Waals surface area contributed by atoms with Crippen molar-refractivity contribution in [3.63, 3.8) is 0 Å². The number of hydrogen-bond acceptors (Lipinski definition) is 9. The van der Waals surface area contributed by atoms with E-state index in [9.17, 15) is 19.5 Å². The number of thioether (sulfide) groups is 1. The maximum absolute atomic E-state index is 13.0. The molecule has 0 aromatic carbocycles. The summed E-state index contributed by atoms with van der Waals surface area (Å²) in [6, 6.07) is 0. The van der Waals surface area contributed by atoms with Crippen molar-refractivity contribution in [1.29, 1.82) is 0 Å². The molecule has 1 amide bonds. The van der Waals surface area contributed by atoms with Crippen LogP contribution < -0.4 is 10.9 Å². The first-order chi connectivity index (χ1) is 15.9. The molecule has 4 rings (SSSR count). The molecule has 3 heterocycles. The average molecular weight is 492 g/mol. The van der Waals surface area contributed by atoms with Gasteiger partial charge in [0.15, 0.2) is 10.8 Å². The van der Waals surface area contributed by atoms with E-state index in [1.807, 2.05) is 0 Å². The maximum Gasteiger partial charge on any atom is 0.341 e. The first-order valence-corrected chi connectivity index (χ1v) is 12.5. The number of hydrogen-bond donors (Lipinski definition) is 3. The highest BCUT2D eigenvalue weighted by Gasteiger charge is 2.28. The van der Waals surface area contributed by atoms with Crippen LogP contribution in [0.3, 0.4) is 0 Å². The molecule has 10 nitrogen and oxygen atoms in total. The molecule has 12 heteroatoms. The normalized spacial score (nSPS) is 14.2. The number of nitrogens with zero attached hydrogens (tertiary/aromatic N) is 3. The number of rotatable bonds is 8. The molecule has 3 N–H and O–H groups in total. The van der Waals surface area contributed by atoms with Crippen molar-refractivity contribution in [2.24, 2.45) is 0 Å². The number of aromatic amines is 1. The fourth-order valence-electron chi connectivity index (χ4n) is 3.77. The lowest BCUT2D eigenvalue weighted by Gasteiger charge is -2.13. The molecular formula is C21H25N5O5S2. The zero-order valence-corrected chi connectivity index (χ0v) is 20.0. The van der Waals surface area contributed by atoms with E-state index in [1.54, 1.807) is 13.8 Å². The Labute approximate surface area is 197 Å². The number of esters is 1. The first-order valence-electron chi connectivity index (χ1n) is 10.8.